The van der Waals surface area contributed by atoms with E-state index in [9.17, 15) is 0 Å². The Bertz CT molecular complexity index is 783. The highest BCUT2D eigenvalue weighted by molar-refractivity contribution is 5.40. The zero-order chi connectivity index (χ0) is 20.8. The van der Waals surface area contributed by atoms with Gasteiger partial charge in [0.2, 0.25) is 0 Å². The Morgan fingerprint density at radius 1 is 0.767 bits per heavy atom. The van der Waals surface area contributed by atoms with Crippen LogP contribution in [0.5, 0.6) is 5.75 Å². The van der Waals surface area contributed by atoms with E-state index in [1.54, 1.807) is 5.56 Å². The molecule has 0 aliphatic heterocycles. The SMILES string of the molecule is CCCCCC1CCC(c2ccc(C3CCc4cc(OCC)ccc4C3)cc2)CC1. The molecule has 1 fully saturated rings. The van der Waals surface area contributed by atoms with Crippen molar-refractivity contribution in [3.8, 4) is 5.75 Å². The lowest BCUT2D eigenvalue weighted by molar-refractivity contribution is 0.303. The monoisotopic (exact) mass is 404 g/mol. The summed E-state index contributed by atoms with van der Waals surface area (Å²) in [6.07, 6.45) is 15.0. The first-order valence-electron chi connectivity index (χ1n) is 12.6. The highest BCUT2D eigenvalue weighted by Crippen LogP contribution is 2.39. The van der Waals surface area contributed by atoms with Crippen LogP contribution in [-0.4, -0.2) is 6.61 Å². The Balaban J connectivity index is 1.32. The third-order valence-corrected chi connectivity index (χ3v) is 7.66. The molecule has 0 spiro atoms. The van der Waals surface area contributed by atoms with Crippen LogP contribution >= 0.6 is 0 Å². The Hall–Kier alpha value is -1.76. The maximum Gasteiger partial charge on any atom is 0.119 e. The van der Waals surface area contributed by atoms with Crippen molar-refractivity contribution in [2.24, 2.45) is 5.92 Å². The van der Waals surface area contributed by atoms with E-state index < -0.39 is 0 Å². The molecule has 2 aliphatic rings. The fourth-order valence-electron chi connectivity index (χ4n) is 5.78. The van der Waals surface area contributed by atoms with Crippen molar-refractivity contribution in [1.82, 2.24) is 0 Å². The largest absolute Gasteiger partial charge is 0.494 e. The summed E-state index contributed by atoms with van der Waals surface area (Å²) in [5, 5.41) is 0. The van der Waals surface area contributed by atoms with E-state index in [1.807, 2.05) is 0 Å². The van der Waals surface area contributed by atoms with Gasteiger partial charge in [0.25, 0.3) is 0 Å². The molecule has 0 aromatic heterocycles. The van der Waals surface area contributed by atoms with E-state index in [0.29, 0.717) is 5.92 Å². The second-order valence-corrected chi connectivity index (χ2v) is 9.68. The standard InChI is InChI=1S/C29H40O/c1-3-5-6-7-22-8-10-23(11-9-22)24-12-14-25(15-13-24)26-16-17-28-21-29(30-4-2)19-18-27(28)20-26/h12-15,18-19,21-23,26H,3-11,16-17,20H2,1-2H3. The molecule has 0 amide bonds. The lowest BCUT2D eigenvalue weighted by Crippen LogP contribution is -2.14. The molecule has 4 rings (SSSR count). The summed E-state index contributed by atoms with van der Waals surface area (Å²) >= 11 is 0. The quantitative estimate of drug-likeness (QED) is 0.403. The zero-order valence-corrected chi connectivity index (χ0v) is 19.2. The fraction of sp³-hybridized carbons (Fsp3) is 0.586. The molecule has 1 nitrogen and oxygen atoms in total. The molecule has 2 aromatic carbocycles. The van der Waals surface area contributed by atoms with Gasteiger partial charge in [0.05, 0.1) is 6.61 Å². The normalized spacial score (nSPS) is 23.7. The van der Waals surface area contributed by atoms with E-state index >= 15 is 0 Å². The summed E-state index contributed by atoms with van der Waals surface area (Å²) in [7, 11) is 0. The number of aryl methyl sites for hydroxylation is 1. The number of fused-ring (bicyclic) bond motifs is 1. The van der Waals surface area contributed by atoms with Crippen LogP contribution in [0.1, 0.15) is 106 Å². The van der Waals surface area contributed by atoms with Gasteiger partial charge in [-0.05, 0) is 104 Å². The molecule has 0 saturated heterocycles. The average molecular weight is 405 g/mol. The summed E-state index contributed by atoms with van der Waals surface area (Å²) in [6.45, 7) is 5.11. The molecular formula is C29H40O. The Kier molecular flexibility index (Phi) is 7.52. The average Bonchev–Trinajstić information content (AvgIpc) is 2.80. The Morgan fingerprint density at radius 3 is 2.20 bits per heavy atom. The molecule has 1 unspecified atom stereocenters. The molecule has 0 N–H and O–H groups in total. The number of unbranched alkanes of at least 4 members (excludes halogenated alkanes) is 2. The molecular weight excluding hydrogens is 364 g/mol. The first-order chi connectivity index (χ1) is 14.8. The van der Waals surface area contributed by atoms with Crippen molar-refractivity contribution in [2.45, 2.75) is 96.3 Å². The molecule has 1 heteroatoms. The van der Waals surface area contributed by atoms with Crippen molar-refractivity contribution >= 4 is 0 Å². The van der Waals surface area contributed by atoms with Crippen LogP contribution in [-0.2, 0) is 12.8 Å². The van der Waals surface area contributed by atoms with E-state index in [0.717, 1.165) is 24.2 Å². The minimum absolute atomic E-state index is 0.666. The fourth-order valence-corrected chi connectivity index (χ4v) is 5.78. The van der Waals surface area contributed by atoms with Crippen molar-refractivity contribution < 1.29 is 4.74 Å². The lowest BCUT2D eigenvalue weighted by Gasteiger charge is -2.29. The van der Waals surface area contributed by atoms with Crippen LogP contribution in [0, 0.1) is 5.92 Å². The number of benzene rings is 2. The minimum Gasteiger partial charge on any atom is -0.494 e. The summed E-state index contributed by atoms with van der Waals surface area (Å²) in [4.78, 5) is 0. The summed E-state index contributed by atoms with van der Waals surface area (Å²) < 4.78 is 5.69. The molecule has 0 heterocycles. The van der Waals surface area contributed by atoms with Gasteiger partial charge in [-0.3, -0.25) is 0 Å². The second-order valence-electron chi connectivity index (χ2n) is 9.68. The van der Waals surface area contributed by atoms with Crippen molar-refractivity contribution in [3.63, 3.8) is 0 Å². The molecule has 0 bridgehead atoms. The van der Waals surface area contributed by atoms with Gasteiger partial charge < -0.3 is 4.74 Å². The first-order valence-corrected chi connectivity index (χ1v) is 12.6. The van der Waals surface area contributed by atoms with Gasteiger partial charge in [0.15, 0.2) is 0 Å². The highest BCUT2D eigenvalue weighted by Gasteiger charge is 2.24. The molecule has 162 valence electrons. The molecule has 30 heavy (non-hydrogen) atoms. The van der Waals surface area contributed by atoms with E-state index in [1.165, 1.54) is 87.3 Å². The van der Waals surface area contributed by atoms with Gasteiger partial charge in [-0.2, -0.15) is 0 Å². The number of ether oxygens (including phenoxy) is 1. The first kappa shape index (κ1) is 21.5. The van der Waals surface area contributed by atoms with Gasteiger partial charge in [-0.25, -0.2) is 0 Å². The van der Waals surface area contributed by atoms with E-state index in [4.69, 9.17) is 4.74 Å². The van der Waals surface area contributed by atoms with Crippen molar-refractivity contribution in [1.29, 1.82) is 0 Å². The highest BCUT2D eigenvalue weighted by atomic mass is 16.5. The van der Waals surface area contributed by atoms with Crippen LogP contribution < -0.4 is 4.74 Å². The predicted octanol–water partition coefficient (Wildman–Crippen LogP) is 8.21. The molecule has 1 atom stereocenters. The molecule has 1 saturated carbocycles. The summed E-state index contributed by atoms with van der Waals surface area (Å²) in [5.74, 6) is 3.49. The van der Waals surface area contributed by atoms with Crippen LogP contribution in [0.2, 0.25) is 0 Å². The lowest BCUT2D eigenvalue weighted by atomic mass is 9.76. The van der Waals surface area contributed by atoms with Crippen LogP contribution in [0.4, 0.5) is 0 Å². The van der Waals surface area contributed by atoms with Crippen molar-refractivity contribution in [2.75, 3.05) is 6.61 Å². The van der Waals surface area contributed by atoms with Crippen LogP contribution in [0.15, 0.2) is 42.5 Å². The smallest absolute Gasteiger partial charge is 0.119 e. The third kappa shape index (κ3) is 5.29. The summed E-state index contributed by atoms with van der Waals surface area (Å²) in [6, 6.07) is 16.5. The van der Waals surface area contributed by atoms with Crippen molar-refractivity contribution in [3.05, 3.63) is 64.7 Å². The van der Waals surface area contributed by atoms with Crippen LogP contribution in [0.25, 0.3) is 0 Å². The van der Waals surface area contributed by atoms with Gasteiger partial charge >= 0.3 is 0 Å². The maximum absolute atomic E-state index is 5.69. The topological polar surface area (TPSA) is 9.23 Å². The van der Waals surface area contributed by atoms with Crippen LogP contribution in [0.3, 0.4) is 0 Å². The zero-order valence-electron chi connectivity index (χ0n) is 19.2. The van der Waals surface area contributed by atoms with E-state index in [2.05, 4.69) is 56.3 Å². The summed E-state index contributed by atoms with van der Waals surface area (Å²) in [5.41, 5.74) is 6.12. The second kappa shape index (κ2) is 10.5. The van der Waals surface area contributed by atoms with E-state index in [-0.39, 0.29) is 0 Å². The Labute approximate surface area is 184 Å². The maximum atomic E-state index is 5.69. The third-order valence-electron chi connectivity index (χ3n) is 7.66. The number of hydrogen-bond donors (Lipinski definition) is 0. The number of rotatable bonds is 8. The number of hydrogen-bond acceptors (Lipinski definition) is 1. The van der Waals surface area contributed by atoms with Gasteiger partial charge in [0.1, 0.15) is 5.75 Å². The molecule has 0 radical (unpaired) electrons. The van der Waals surface area contributed by atoms with Gasteiger partial charge in [0, 0.05) is 0 Å². The minimum atomic E-state index is 0.666. The molecule has 2 aromatic rings. The molecule has 2 aliphatic carbocycles. The Morgan fingerprint density at radius 2 is 1.50 bits per heavy atom. The van der Waals surface area contributed by atoms with Gasteiger partial charge in [-0.15, -0.1) is 0 Å². The van der Waals surface area contributed by atoms with Gasteiger partial charge in [-0.1, -0.05) is 62.9 Å². The predicted molar refractivity (Wildman–Crippen MR) is 128 cm³/mol.